The zero-order chi connectivity index (χ0) is 13.4. The van der Waals surface area contributed by atoms with Crippen molar-refractivity contribution in [2.45, 2.75) is 12.1 Å². The number of hydrogen-bond acceptors (Lipinski definition) is 4. The third-order valence-corrected chi connectivity index (χ3v) is 4.49. The maximum absolute atomic E-state index is 11.3. The van der Waals surface area contributed by atoms with E-state index in [4.69, 9.17) is 23.2 Å². The van der Waals surface area contributed by atoms with Crippen LogP contribution in [0.15, 0.2) is 18.2 Å². The third-order valence-electron chi connectivity index (χ3n) is 2.86. The van der Waals surface area contributed by atoms with Crippen molar-refractivity contribution in [1.29, 1.82) is 0 Å². The van der Waals surface area contributed by atoms with Gasteiger partial charge < -0.3 is 10.6 Å². The standard InChI is InChI=1S/C11H14Cl2N2O2S/c1-18(16,17)5-4-11(7-12)14-9-3-2-8(13)6-10(9)15-11/h2-3,6,14-15H,4-5,7H2,1H3. The molecule has 0 saturated heterocycles. The molecular weight excluding hydrogens is 295 g/mol. The van der Waals surface area contributed by atoms with E-state index in [1.54, 1.807) is 12.1 Å². The minimum atomic E-state index is -3.02. The van der Waals surface area contributed by atoms with Gasteiger partial charge >= 0.3 is 0 Å². The number of nitrogens with one attached hydrogen (secondary N) is 2. The molecule has 100 valence electrons. The highest BCUT2D eigenvalue weighted by molar-refractivity contribution is 7.90. The minimum absolute atomic E-state index is 0.0709. The van der Waals surface area contributed by atoms with Crippen LogP contribution in [0.25, 0.3) is 0 Å². The fourth-order valence-electron chi connectivity index (χ4n) is 1.89. The predicted octanol–water partition coefficient (Wildman–Crippen LogP) is 2.55. The first-order chi connectivity index (χ1) is 8.34. The molecule has 0 spiro atoms. The lowest BCUT2D eigenvalue weighted by Crippen LogP contribution is -2.45. The summed E-state index contributed by atoms with van der Waals surface area (Å²) in [6.07, 6.45) is 1.61. The summed E-state index contributed by atoms with van der Waals surface area (Å²) < 4.78 is 22.5. The summed E-state index contributed by atoms with van der Waals surface area (Å²) in [6, 6.07) is 5.41. The Morgan fingerprint density at radius 1 is 1.28 bits per heavy atom. The molecule has 0 bridgehead atoms. The first kappa shape index (κ1) is 13.8. The quantitative estimate of drug-likeness (QED) is 0.839. The molecule has 0 aromatic heterocycles. The van der Waals surface area contributed by atoms with Crippen molar-refractivity contribution in [3.63, 3.8) is 0 Å². The van der Waals surface area contributed by atoms with Crippen molar-refractivity contribution in [2.24, 2.45) is 0 Å². The van der Waals surface area contributed by atoms with E-state index in [9.17, 15) is 8.42 Å². The lowest BCUT2D eigenvalue weighted by atomic mass is 10.1. The Hall–Kier alpha value is -0.650. The average Bonchev–Trinajstić information content (AvgIpc) is 2.64. The molecule has 0 aliphatic carbocycles. The predicted molar refractivity (Wildman–Crippen MR) is 76.5 cm³/mol. The van der Waals surface area contributed by atoms with E-state index in [-0.39, 0.29) is 11.6 Å². The summed E-state index contributed by atoms with van der Waals surface area (Å²) in [5.74, 6) is 0.330. The second-order valence-corrected chi connectivity index (χ2v) is 7.50. The lowest BCUT2D eigenvalue weighted by Gasteiger charge is -2.28. The van der Waals surface area contributed by atoms with E-state index in [0.717, 1.165) is 11.4 Å². The molecule has 1 aliphatic heterocycles. The number of halogens is 2. The largest absolute Gasteiger partial charge is 0.360 e. The van der Waals surface area contributed by atoms with Gasteiger partial charge in [-0.3, -0.25) is 0 Å². The normalized spacial score (nSPS) is 22.2. The van der Waals surface area contributed by atoms with Crippen molar-refractivity contribution in [3.8, 4) is 0 Å². The van der Waals surface area contributed by atoms with Gasteiger partial charge in [0.1, 0.15) is 15.5 Å². The number of fused-ring (bicyclic) bond motifs is 1. The Kier molecular flexibility index (Phi) is 3.67. The van der Waals surface area contributed by atoms with Gasteiger partial charge in [-0.1, -0.05) is 11.6 Å². The molecule has 0 fully saturated rings. The maximum atomic E-state index is 11.3. The highest BCUT2D eigenvalue weighted by atomic mass is 35.5. The van der Waals surface area contributed by atoms with Gasteiger partial charge in [-0.2, -0.15) is 0 Å². The van der Waals surface area contributed by atoms with E-state index < -0.39 is 15.5 Å². The summed E-state index contributed by atoms with van der Waals surface area (Å²) in [4.78, 5) is 0. The van der Waals surface area contributed by atoms with Gasteiger partial charge in [-0.05, 0) is 18.2 Å². The molecule has 1 aromatic carbocycles. The molecule has 4 nitrogen and oxygen atoms in total. The van der Waals surface area contributed by atoms with Crippen molar-refractivity contribution in [1.82, 2.24) is 0 Å². The fourth-order valence-corrected chi connectivity index (χ4v) is 3.05. The number of sulfone groups is 1. The zero-order valence-corrected chi connectivity index (χ0v) is 12.2. The van der Waals surface area contributed by atoms with E-state index in [1.807, 2.05) is 6.07 Å². The van der Waals surface area contributed by atoms with E-state index >= 15 is 0 Å². The molecule has 1 unspecified atom stereocenters. The fraction of sp³-hybridized carbons (Fsp3) is 0.455. The monoisotopic (exact) mass is 308 g/mol. The smallest absolute Gasteiger partial charge is 0.147 e. The minimum Gasteiger partial charge on any atom is -0.360 e. The molecule has 0 amide bonds. The molecule has 1 heterocycles. The summed E-state index contributed by atoms with van der Waals surface area (Å²) in [7, 11) is -3.02. The first-order valence-electron chi connectivity index (χ1n) is 5.43. The number of rotatable bonds is 4. The van der Waals surface area contributed by atoms with Crippen molar-refractivity contribution >= 4 is 44.4 Å². The maximum Gasteiger partial charge on any atom is 0.147 e. The van der Waals surface area contributed by atoms with E-state index in [0.29, 0.717) is 11.4 Å². The second kappa shape index (κ2) is 4.79. The van der Waals surface area contributed by atoms with Crippen LogP contribution in [-0.4, -0.2) is 32.0 Å². The Balaban J connectivity index is 2.18. The highest BCUT2D eigenvalue weighted by Crippen LogP contribution is 2.37. The lowest BCUT2D eigenvalue weighted by molar-refractivity contribution is 0.562. The molecule has 18 heavy (non-hydrogen) atoms. The average molecular weight is 309 g/mol. The van der Waals surface area contributed by atoms with Crippen molar-refractivity contribution in [2.75, 3.05) is 28.5 Å². The van der Waals surface area contributed by atoms with Gasteiger partial charge in [-0.25, -0.2) is 8.42 Å². The molecular formula is C11H14Cl2N2O2S. The van der Waals surface area contributed by atoms with Gasteiger partial charge in [-0.15, -0.1) is 11.6 Å². The molecule has 0 saturated carbocycles. The van der Waals surface area contributed by atoms with Gasteiger partial charge in [0.2, 0.25) is 0 Å². The SMILES string of the molecule is CS(=O)(=O)CCC1(CCl)Nc2ccc(Cl)cc2N1. The van der Waals surface area contributed by atoms with Crippen LogP contribution in [0.1, 0.15) is 6.42 Å². The van der Waals surface area contributed by atoms with Gasteiger partial charge in [0.25, 0.3) is 0 Å². The van der Waals surface area contributed by atoms with Gasteiger partial charge in [0.15, 0.2) is 0 Å². The Morgan fingerprint density at radius 2 is 1.94 bits per heavy atom. The first-order valence-corrected chi connectivity index (χ1v) is 8.40. The zero-order valence-electron chi connectivity index (χ0n) is 9.83. The Bertz CT molecular complexity index is 562. The van der Waals surface area contributed by atoms with Crippen LogP contribution in [-0.2, 0) is 9.84 Å². The van der Waals surface area contributed by atoms with Crippen molar-refractivity contribution < 1.29 is 8.42 Å². The van der Waals surface area contributed by atoms with Crippen LogP contribution in [0.4, 0.5) is 11.4 Å². The molecule has 2 rings (SSSR count). The molecule has 1 atom stereocenters. The summed E-state index contributed by atoms with van der Waals surface area (Å²) in [5.41, 5.74) is 1.10. The van der Waals surface area contributed by atoms with Gasteiger partial charge in [0.05, 0.1) is 23.0 Å². The summed E-state index contributed by atoms with van der Waals surface area (Å²) in [6.45, 7) is 0. The van der Waals surface area contributed by atoms with Crippen LogP contribution >= 0.6 is 23.2 Å². The third kappa shape index (κ3) is 3.02. The molecule has 1 aromatic rings. The summed E-state index contributed by atoms with van der Waals surface area (Å²) in [5, 5.41) is 7.07. The molecule has 1 aliphatic rings. The number of hydrogen-bond donors (Lipinski definition) is 2. The van der Waals surface area contributed by atoms with Crippen LogP contribution in [0, 0.1) is 0 Å². The number of anilines is 2. The highest BCUT2D eigenvalue weighted by Gasteiger charge is 2.36. The van der Waals surface area contributed by atoms with Crippen molar-refractivity contribution in [3.05, 3.63) is 23.2 Å². The van der Waals surface area contributed by atoms with E-state index in [2.05, 4.69) is 10.6 Å². The Morgan fingerprint density at radius 3 is 2.56 bits per heavy atom. The van der Waals surface area contributed by atoms with Crippen LogP contribution < -0.4 is 10.6 Å². The molecule has 2 N–H and O–H groups in total. The van der Waals surface area contributed by atoms with E-state index in [1.165, 1.54) is 6.26 Å². The molecule has 0 radical (unpaired) electrons. The van der Waals surface area contributed by atoms with Crippen LogP contribution in [0.5, 0.6) is 0 Å². The van der Waals surface area contributed by atoms with Crippen LogP contribution in [0.2, 0.25) is 5.02 Å². The molecule has 7 heteroatoms. The Labute approximate surface area is 117 Å². The second-order valence-electron chi connectivity index (χ2n) is 4.54. The topological polar surface area (TPSA) is 58.2 Å². The number of alkyl halides is 1. The van der Waals surface area contributed by atoms with Crippen LogP contribution in [0.3, 0.4) is 0 Å². The number of benzene rings is 1. The van der Waals surface area contributed by atoms with Gasteiger partial charge in [0, 0.05) is 17.7 Å². The summed E-state index contributed by atoms with van der Waals surface area (Å²) >= 11 is 11.9.